The molecule has 0 spiro atoms. The van der Waals surface area contributed by atoms with Crippen LogP contribution in [0.4, 0.5) is 20.9 Å². The Morgan fingerprint density at radius 2 is 1.56 bits per heavy atom. The van der Waals surface area contributed by atoms with Gasteiger partial charge in [-0.05, 0) is 48.5 Å². The van der Waals surface area contributed by atoms with Gasteiger partial charge >= 0.3 is 0 Å². The number of hydrogen-bond donors (Lipinski definition) is 1. The van der Waals surface area contributed by atoms with E-state index in [0.29, 0.717) is 37.7 Å². The zero-order chi connectivity index (χ0) is 25.0. The van der Waals surface area contributed by atoms with Gasteiger partial charge in [0, 0.05) is 54.7 Å². The lowest BCUT2D eigenvalue weighted by atomic mass is 10.2. The average molecular weight is 515 g/mol. The first-order valence-corrected chi connectivity index (χ1v) is 12.9. The van der Waals surface area contributed by atoms with Crippen LogP contribution in [0.1, 0.15) is 10.4 Å². The van der Waals surface area contributed by atoms with Crippen LogP contribution in [0.25, 0.3) is 0 Å². The first kappa shape index (κ1) is 25.9. The van der Waals surface area contributed by atoms with Gasteiger partial charge in [0.15, 0.2) is 5.13 Å². The Kier molecular flexibility index (Phi) is 9.89. The molecule has 0 radical (unpaired) electrons. The zero-order valence-electron chi connectivity index (χ0n) is 20.1. The van der Waals surface area contributed by atoms with E-state index in [1.807, 2.05) is 35.8 Å². The summed E-state index contributed by atoms with van der Waals surface area (Å²) in [6, 6.07) is 14.9. The van der Waals surface area contributed by atoms with Crippen molar-refractivity contribution < 1.29 is 23.4 Å². The lowest BCUT2D eigenvalue weighted by Crippen LogP contribution is -2.46. The van der Waals surface area contributed by atoms with Crippen molar-refractivity contribution in [2.75, 3.05) is 81.0 Å². The van der Waals surface area contributed by atoms with Gasteiger partial charge in [-0.2, -0.15) is 0 Å². The summed E-state index contributed by atoms with van der Waals surface area (Å²) in [5, 5.41) is 6.03. The molecule has 4 rings (SSSR count). The summed E-state index contributed by atoms with van der Waals surface area (Å²) in [6.45, 7) is 4.88. The molecule has 10 heteroatoms. The minimum absolute atomic E-state index is 0.0948. The summed E-state index contributed by atoms with van der Waals surface area (Å²) in [7, 11) is 0. The molecule has 0 saturated carbocycles. The number of piperazine rings is 1. The maximum absolute atomic E-state index is 12.6. The van der Waals surface area contributed by atoms with Gasteiger partial charge in [0.2, 0.25) is 0 Å². The van der Waals surface area contributed by atoms with E-state index in [1.54, 1.807) is 35.6 Å². The van der Waals surface area contributed by atoms with E-state index in [1.165, 1.54) is 0 Å². The van der Waals surface area contributed by atoms with Crippen molar-refractivity contribution in [1.29, 1.82) is 0 Å². The highest BCUT2D eigenvalue weighted by Crippen LogP contribution is 2.23. The molecule has 1 N–H and O–H groups in total. The number of aromatic nitrogens is 1. The minimum Gasteiger partial charge on any atom is -0.491 e. The van der Waals surface area contributed by atoms with Crippen LogP contribution in [-0.2, 0) is 9.47 Å². The van der Waals surface area contributed by atoms with Crippen LogP contribution in [0.15, 0.2) is 60.1 Å². The molecule has 2 aromatic carbocycles. The number of benzene rings is 2. The molecule has 1 aliphatic rings. The molecule has 2 heterocycles. The second-order valence-electron chi connectivity index (χ2n) is 8.08. The third kappa shape index (κ3) is 7.64. The molecule has 36 heavy (non-hydrogen) atoms. The lowest BCUT2D eigenvalue weighted by Gasteiger charge is -2.36. The van der Waals surface area contributed by atoms with Crippen molar-refractivity contribution in [3.05, 3.63) is 65.7 Å². The van der Waals surface area contributed by atoms with Crippen molar-refractivity contribution in [3.8, 4) is 5.75 Å². The second kappa shape index (κ2) is 13.8. The number of alkyl halides is 1. The molecule has 1 aromatic heterocycles. The van der Waals surface area contributed by atoms with E-state index in [0.717, 1.165) is 42.7 Å². The summed E-state index contributed by atoms with van der Waals surface area (Å²) in [5.41, 5.74) is 2.44. The molecule has 1 fully saturated rings. The van der Waals surface area contributed by atoms with Crippen LogP contribution in [0.5, 0.6) is 5.75 Å². The topological polar surface area (TPSA) is 76.2 Å². The van der Waals surface area contributed by atoms with Crippen molar-refractivity contribution in [2.45, 2.75) is 0 Å². The van der Waals surface area contributed by atoms with Gasteiger partial charge < -0.3 is 29.3 Å². The predicted molar refractivity (Wildman–Crippen MR) is 140 cm³/mol. The molecule has 192 valence electrons. The standard InChI is InChI=1S/C26H31FN4O4S/c27-9-15-33-16-17-34-18-19-35-24-7-1-21(2-8-24)25(32)29-22-3-5-23(6-4-22)30-11-13-31(14-12-30)26-28-10-20-36-26/h1-8,10,20H,9,11-19H2,(H,29,32). The maximum atomic E-state index is 12.6. The lowest BCUT2D eigenvalue weighted by molar-refractivity contribution is 0.0325. The Labute approximate surface area is 214 Å². The third-order valence-corrected chi connectivity index (χ3v) is 6.50. The summed E-state index contributed by atoms with van der Waals surface area (Å²) >= 11 is 1.67. The fourth-order valence-corrected chi connectivity index (χ4v) is 4.48. The van der Waals surface area contributed by atoms with Gasteiger partial charge in [-0.25, -0.2) is 9.37 Å². The molecule has 0 aliphatic carbocycles. The van der Waals surface area contributed by atoms with E-state index in [2.05, 4.69) is 20.1 Å². The highest BCUT2D eigenvalue weighted by atomic mass is 32.1. The molecule has 0 bridgehead atoms. The van der Waals surface area contributed by atoms with Gasteiger partial charge in [0.1, 0.15) is 19.0 Å². The van der Waals surface area contributed by atoms with Crippen molar-refractivity contribution in [1.82, 2.24) is 4.98 Å². The molecule has 8 nitrogen and oxygen atoms in total. The Balaban J connectivity index is 1.17. The summed E-state index contributed by atoms with van der Waals surface area (Å²) in [4.78, 5) is 21.7. The van der Waals surface area contributed by atoms with Gasteiger partial charge in [0.25, 0.3) is 5.91 Å². The smallest absolute Gasteiger partial charge is 0.255 e. The maximum Gasteiger partial charge on any atom is 0.255 e. The fourth-order valence-electron chi connectivity index (χ4n) is 3.78. The summed E-state index contributed by atoms with van der Waals surface area (Å²) in [6.07, 6.45) is 1.84. The Hall–Kier alpha value is -3.21. The van der Waals surface area contributed by atoms with Crippen LogP contribution >= 0.6 is 11.3 Å². The largest absolute Gasteiger partial charge is 0.491 e. The van der Waals surface area contributed by atoms with Gasteiger partial charge in [0.05, 0.1) is 26.4 Å². The fraction of sp³-hybridized carbons (Fsp3) is 0.385. The molecular weight excluding hydrogens is 483 g/mol. The minimum atomic E-state index is -0.490. The van der Waals surface area contributed by atoms with Crippen molar-refractivity contribution in [3.63, 3.8) is 0 Å². The van der Waals surface area contributed by atoms with Crippen LogP contribution in [0.2, 0.25) is 0 Å². The van der Waals surface area contributed by atoms with Crippen LogP contribution in [-0.4, -0.2) is 76.8 Å². The molecule has 1 aliphatic heterocycles. The van der Waals surface area contributed by atoms with Crippen LogP contribution in [0.3, 0.4) is 0 Å². The number of thiazole rings is 1. The van der Waals surface area contributed by atoms with E-state index >= 15 is 0 Å². The molecular formula is C26H31FN4O4S. The zero-order valence-corrected chi connectivity index (χ0v) is 20.9. The highest BCUT2D eigenvalue weighted by molar-refractivity contribution is 7.13. The van der Waals surface area contributed by atoms with Crippen LogP contribution < -0.4 is 19.9 Å². The number of carbonyl (C=O) groups excluding carboxylic acids is 1. The first-order chi connectivity index (χ1) is 17.7. The Bertz CT molecular complexity index is 1040. The summed E-state index contributed by atoms with van der Waals surface area (Å²) < 4.78 is 27.9. The normalized spacial score (nSPS) is 13.6. The van der Waals surface area contributed by atoms with Gasteiger partial charge in [-0.3, -0.25) is 4.79 Å². The van der Waals surface area contributed by atoms with Gasteiger partial charge in [-0.1, -0.05) is 0 Å². The Morgan fingerprint density at radius 3 is 2.22 bits per heavy atom. The number of anilines is 3. The van der Waals surface area contributed by atoms with Gasteiger partial charge in [-0.15, -0.1) is 11.3 Å². The number of nitrogens with one attached hydrogen (secondary N) is 1. The monoisotopic (exact) mass is 514 g/mol. The number of carbonyl (C=O) groups is 1. The number of halogens is 1. The average Bonchev–Trinajstić information content (AvgIpc) is 3.46. The SMILES string of the molecule is O=C(Nc1ccc(N2CCN(c3nccs3)CC2)cc1)c1ccc(OCCOCCOCCF)cc1. The number of rotatable bonds is 13. The molecule has 0 atom stereocenters. The van der Waals surface area contributed by atoms with Crippen LogP contribution in [0, 0.1) is 0 Å². The number of amides is 1. The second-order valence-corrected chi connectivity index (χ2v) is 8.95. The van der Waals surface area contributed by atoms with Crippen molar-refractivity contribution in [2.24, 2.45) is 0 Å². The highest BCUT2D eigenvalue weighted by Gasteiger charge is 2.19. The van der Waals surface area contributed by atoms with E-state index in [9.17, 15) is 9.18 Å². The van der Waals surface area contributed by atoms with E-state index in [4.69, 9.17) is 14.2 Å². The van der Waals surface area contributed by atoms with Crippen molar-refractivity contribution >= 4 is 33.8 Å². The molecule has 3 aromatic rings. The number of ether oxygens (including phenoxy) is 3. The molecule has 1 amide bonds. The van der Waals surface area contributed by atoms with E-state index in [-0.39, 0.29) is 12.5 Å². The molecule has 1 saturated heterocycles. The van der Waals surface area contributed by atoms with E-state index < -0.39 is 6.67 Å². The Morgan fingerprint density at radius 1 is 0.889 bits per heavy atom. The number of hydrogen-bond acceptors (Lipinski definition) is 8. The first-order valence-electron chi connectivity index (χ1n) is 12.0. The number of nitrogens with zero attached hydrogens (tertiary/aromatic N) is 3. The third-order valence-electron chi connectivity index (χ3n) is 5.67. The molecule has 0 unspecified atom stereocenters. The predicted octanol–water partition coefficient (Wildman–Crippen LogP) is 4.10. The summed E-state index contributed by atoms with van der Waals surface area (Å²) in [5.74, 6) is 0.478. The quantitative estimate of drug-likeness (QED) is 0.344.